The van der Waals surface area contributed by atoms with Crippen molar-refractivity contribution in [3.8, 4) is 11.5 Å². The standard InChI is InChI=1S/C17H21F3N2O4/c1-11(26-14-4-2-13(23)3-5-14)15(24)22-8-6-12(7-9-22)10-21-16(25)17(18,19)20/h2-5,11-12,23H,6-10H2,1H3,(H,21,25). The molecule has 0 aliphatic carbocycles. The Morgan fingerprint density at radius 2 is 1.85 bits per heavy atom. The molecule has 2 N–H and O–H groups in total. The first-order chi connectivity index (χ1) is 12.2. The molecule has 1 heterocycles. The van der Waals surface area contributed by atoms with E-state index in [1.807, 2.05) is 5.32 Å². The lowest BCUT2D eigenvalue weighted by Gasteiger charge is -2.33. The van der Waals surface area contributed by atoms with Crippen molar-refractivity contribution >= 4 is 11.8 Å². The summed E-state index contributed by atoms with van der Waals surface area (Å²) in [6, 6.07) is 6.00. The number of phenols is 1. The molecule has 0 saturated carbocycles. The third kappa shape index (κ3) is 5.53. The molecule has 1 aromatic carbocycles. The number of amides is 2. The number of benzene rings is 1. The summed E-state index contributed by atoms with van der Waals surface area (Å²) in [5.41, 5.74) is 0. The number of halogens is 3. The van der Waals surface area contributed by atoms with Crippen molar-refractivity contribution in [3.05, 3.63) is 24.3 Å². The molecule has 26 heavy (non-hydrogen) atoms. The molecule has 2 amide bonds. The van der Waals surface area contributed by atoms with Crippen LogP contribution in [0.2, 0.25) is 0 Å². The highest BCUT2D eigenvalue weighted by atomic mass is 19.4. The Morgan fingerprint density at radius 1 is 1.27 bits per heavy atom. The average molecular weight is 374 g/mol. The Labute approximate surface area is 148 Å². The molecule has 144 valence electrons. The first-order valence-electron chi connectivity index (χ1n) is 8.26. The number of likely N-dealkylation sites (tertiary alicyclic amines) is 1. The second kappa shape index (κ2) is 8.29. The molecule has 1 saturated heterocycles. The second-order valence-electron chi connectivity index (χ2n) is 6.23. The van der Waals surface area contributed by atoms with Gasteiger partial charge in [0.2, 0.25) is 0 Å². The lowest BCUT2D eigenvalue weighted by molar-refractivity contribution is -0.173. The lowest BCUT2D eigenvalue weighted by atomic mass is 9.96. The van der Waals surface area contributed by atoms with Crippen LogP contribution in [0.4, 0.5) is 13.2 Å². The van der Waals surface area contributed by atoms with Gasteiger partial charge < -0.3 is 20.1 Å². The fourth-order valence-corrected chi connectivity index (χ4v) is 2.73. The average Bonchev–Trinajstić information content (AvgIpc) is 2.60. The maximum Gasteiger partial charge on any atom is 0.471 e. The molecule has 0 aromatic heterocycles. The number of hydrogen-bond acceptors (Lipinski definition) is 4. The van der Waals surface area contributed by atoms with Crippen molar-refractivity contribution in [2.24, 2.45) is 5.92 Å². The van der Waals surface area contributed by atoms with E-state index in [9.17, 15) is 27.9 Å². The van der Waals surface area contributed by atoms with Crippen molar-refractivity contribution in [2.75, 3.05) is 19.6 Å². The molecule has 1 fully saturated rings. The molecular weight excluding hydrogens is 353 g/mol. The molecule has 2 rings (SSSR count). The van der Waals surface area contributed by atoms with E-state index in [2.05, 4.69) is 0 Å². The topological polar surface area (TPSA) is 78.9 Å². The van der Waals surface area contributed by atoms with Gasteiger partial charge in [0.05, 0.1) is 0 Å². The van der Waals surface area contributed by atoms with Crippen molar-refractivity contribution in [1.82, 2.24) is 10.2 Å². The molecule has 1 aliphatic rings. The zero-order chi connectivity index (χ0) is 19.3. The van der Waals surface area contributed by atoms with E-state index in [0.717, 1.165) is 0 Å². The quantitative estimate of drug-likeness (QED) is 0.827. The SMILES string of the molecule is CC(Oc1ccc(O)cc1)C(=O)N1CCC(CNC(=O)C(F)(F)F)CC1. The Morgan fingerprint density at radius 3 is 2.38 bits per heavy atom. The number of alkyl halides is 3. The van der Waals surface area contributed by atoms with E-state index >= 15 is 0 Å². The van der Waals surface area contributed by atoms with Crippen LogP contribution in [0.5, 0.6) is 11.5 Å². The molecule has 1 aliphatic heterocycles. The summed E-state index contributed by atoms with van der Waals surface area (Å²) in [5, 5.41) is 11.1. The van der Waals surface area contributed by atoms with Gasteiger partial charge in [0, 0.05) is 19.6 Å². The summed E-state index contributed by atoms with van der Waals surface area (Å²) >= 11 is 0. The predicted molar refractivity (Wildman–Crippen MR) is 86.6 cm³/mol. The van der Waals surface area contributed by atoms with Crippen LogP contribution in [0.1, 0.15) is 19.8 Å². The summed E-state index contributed by atoms with van der Waals surface area (Å²) in [4.78, 5) is 24.8. The van der Waals surface area contributed by atoms with Crippen LogP contribution < -0.4 is 10.1 Å². The van der Waals surface area contributed by atoms with E-state index in [4.69, 9.17) is 4.74 Å². The number of carbonyl (C=O) groups is 2. The van der Waals surface area contributed by atoms with E-state index in [1.165, 1.54) is 12.1 Å². The number of ether oxygens (including phenoxy) is 1. The van der Waals surface area contributed by atoms with Crippen LogP contribution in [-0.2, 0) is 9.59 Å². The molecule has 0 radical (unpaired) electrons. The second-order valence-corrected chi connectivity index (χ2v) is 6.23. The van der Waals surface area contributed by atoms with Crippen molar-refractivity contribution in [3.63, 3.8) is 0 Å². The number of aromatic hydroxyl groups is 1. The van der Waals surface area contributed by atoms with Crippen molar-refractivity contribution in [2.45, 2.75) is 32.0 Å². The van der Waals surface area contributed by atoms with Crippen LogP contribution in [0.15, 0.2) is 24.3 Å². The van der Waals surface area contributed by atoms with E-state index in [-0.39, 0.29) is 24.1 Å². The normalized spacial score (nSPS) is 16.8. The highest BCUT2D eigenvalue weighted by Gasteiger charge is 2.38. The number of nitrogens with zero attached hydrogens (tertiary/aromatic N) is 1. The Kier molecular flexibility index (Phi) is 6.33. The van der Waals surface area contributed by atoms with Crippen molar-refractivity contribution < 1.29 is 32.6 Å². The molecule has 6 nitrogen and oxygen atoms in total. The summed E-state index contributed by atoms with van der Waals surface area (Å²) in [6.07, 6.45) is -4.58. The van der Waals surface area contributed by atoms with Gasteiger partial charge in [0.15, 0.2) is 6.10 Å². The predicted octanol–water partition coefficient (Wildman–Crippen LogP) is 2.08. The van der Waals surface area contributed by atoms with Gasteiger partial charge in [-0.05, 0) is 49.9 Å². The lowest BCUT2D eigenvalue weighted by Crippen LogP contribution is -2.47. The summed E-state index contributed by atoms with van der Waals surface area (Å²) < 4.78 is 42.0. The highest BCUT2D eigenvalue weighted by Crippen LogP contribution is 2.21. The third-order valence-electron chi connectivity index (χ3n) is 4.23. The monoisotopic (exact) mass is 374 g/mol. The fraction of sp³-hybridized carbons (Fsp3) is 0.529. The Hall–Kier alpha value is -2.45. The van der Waals surface area contributed by atoms with Crippen LogP contribution >= 0.6 is 0 Å². The fourth-order valence-electron chi connectivity index (χ4n) is 2.73. The molecule has 9 heteroatoms. The van der Waals surface area contributed by atoms with E-state index in [1.54, 1.807) is 24.0 Å². The number of carbonyl (C=O) groups excluding carboxylic acids is 2. The minimum Gasteiger partial charge on any atom is -0.508 e. The van der Waals surface area contributed by atoms with Gasteiger partial charge >= 0.3 is 12.1 Å². The molecule has 0 bridgehead atoms. The zero-order valence-electron chi connectivity index (χ0n) is 14.3. The van der Waals surface area contributed by atoms with Crippen LogP contribution in [0.25, 0.3) is 0 Å². The smallest absolute Gasteiger partial charge is 0.471 e. The van der Waals surface area contributed by atoms with E-state index < -0.39 is 18.2 Å². The number of rotatable bonds is 5. The Bertz CT molecular complexity index is 626. The number of phenolic OH excluding ortho intramolecular Hbond substituents is 1. The van der Waals surface area contributed by atoms with Gasteiger partial charge in [-0.3, -0.25) is 9.59 Å². The zero-order valence-corrected chi connectivity index (χ0v) is 14.3. The number of hydrogen-bond donors (Lipinski definition) is 2. The Balaban J connectivity index is 1.76. The molecule has 1 aromatic rings. The molecule has 1 unspecified atom stereocenters. The summed E-state index contributed by atoms with van der Waals surface area (Å²) in [5.74, 6) is -1.70. The van der Waals surface area contributed by atoms with Gasteiger partial charge in [-0.25, -0.2) is 0 Å². The maximum atomic E-state index is 12.4. The minimum atomic E-state index is -4.88. The molecular formula is C17H21F3N2O4. The van der Waals surface area contributed by atoms with Gasteiger partial charge in [0.1, 0.15) is 11.5 Å². The van der Waals surface area contributed by atoms with E-state index in [0.29, 0.717) is 31.7 Å². The minimum absolute atomic E-state index is 0.0556. The molecule has 1 atom stereocenters. The number of nitrogens with one attached hydrogen (secondary N) is 1. The van der Waals surface area contributed by atoms with Gasteiger partial charge in [0.25, 0.3) is 5.91 Å². The maximum absolute atomic E-state index is 12.4. The van der Waals surface area contributed by atoms with Gasteiger partial charge in [-0.1, -0.05) is 0 Å². The van der Waals surface area contributed by atoms with Crippen LogP contribution in [0.3, 0.4) is 0 Å². The largest absolute Gasteiger partial charge is 0.508 e. The third-order valence-corrected chi connectivity index (χ3v) is 4.23. The van der Waals surface area contributed by atoms with Crippen LogP contribution in [-0.4, -0.2) is 53.7 Å². The first kappa shape index (κ1) is 19.9. The van der Waals surface area contributed by atoms with Crippen LogP contribution in [0, 0.1) is 5.92 Å². The van der Waals surface area contributed by atoms with Gasteiger partial charge in [-0.15, -0.1) is 0 Å². The number of piperidine rings is 1. The summed E-state index contributed by atoms with van der Waals surface area (Å²) in [6.45, 7) is 2.36. The highest BCUT2D eigenvalue weighted by molar-refractivity contribution is 5.82. The summed E-state index contributed by atoms with van der Waals surface area (Å²) in [7, 11) is 0. The van der Waals surface area contributed by atoms with Crippen molar-refractivity contribution in [1.29, 1.82) is 0 Å². The molecule has 0 spiro atoms. The first-order valence-corrected chi connectivity index (χ1v) is 8.26. The van der Waals surface area contributed by atoms with Gasteiger partial charge in [-0.2, -0.15) is 13.2 Å².